The van der Waals surface area contributed by atoms with E-state index in [1.54, 1.807) is 4.90 Å². The number of aromatic nitrogens is 1. The number of allylic oxidation sites excluding steroid dienone is 1. The lowest BCUT2D eigenvalue weighted by Gasteiger charge is -2.24. The van der Waals surface area contributed by atoms with Crippen LogP contribution in [0.5, 0.6) is 0 Å². The molecule has 0 spiro atoms. The van der Waals surface area contributed by atoms with Gasteiger partial charge in [-0.2, -0.15) is 0 Å². The number of ketones is 1. The van der Waals surface area contributed by atoms with Crippen LogP contribution in [0.4, 0.5) is 0 Å². The smallest absolute Gasteiger partial charge is 0.231 e. The maximum Gasteiger partial charge on any atom is 0.231 e. The Hall–Kier alpha value is -1.88. The van der Waals surface area contributed by atoms with Gasteiger partial charge in [-0.1, -0.05) is 6.08 Å². The Morgan fingerprint density at radius 2 is 2.00 bits per heavy atom. The second-order valence-corrected chi connectivity index (χ2v) is 5.57. The predicted molar refractivity (Wildman–Crippen MR) is 84.3 cm³/mol. The van der Waals surface area contributed by atoms with E-state index < -0.39 is 5.91 Å². The maximum atomic E-state index is 12.5. The number of amides is 1. The van der Waals surface area contributed by atoms with Crippen LogP contribution < -0.4 is 5.73 Å². The van der Waals surface area contributed by atoms with Crippen molar-refractivity contribution in [1.82, 2.24) is 9.47 Å². The van der Waals surface area contributed by atoms with Gasteiger partial charge in [-0.25, -0.2) is 0 Å². The molecule has 1 heterocycles. The van der Waals surface area contributed by atoms with Crippen molar-refractivity contribution >= 4 is 11.7 Å². The minimum absolute atomic E-state index is 0.00774. The molecule has 0 unspecified atom stereocenters. The van der Waals surface area contributed by atoms with Crippen LogP contribution in [0, 0.1) is 13.8 Å². The summed E-state index contributed by atoms with van der Waals surface area (Å²) in [6.07, 6.45) is 1.81. The number of hydrogen-bond donors (Lipinski definition) is 1. The van der Waals surface area contributed by atoms with Crippen LogP contribution in [0.3, 0.4) is 0 Å². The molecule has 21 heavy (non-hydrogen) atoms. The summed E-state index contributed by atoms with van der Waals surface area (Å²) in [7, 11) is 0. The molecule has 0 fully saturated rings. The lowest BCUT2D eigenvalue weighted by Crippen LogP contribution is -2.41. The van der Waals surface area contributed by atoms with Crippen LogP contribution in [0.15, 0.2) is 18.7 Å². The number of nitrogens with two attached hydrogens (primary N) is 1. The fraction of sp³-hybridized carbons (Fsp3) is 0.500. The first kappa shape index (κ1) is 17.2. The van der Waals surface area contributed by atoms with Crippen LogP contribution in [-0.4, -0.2) is 40.3 Å². The highest BCUT2D eigenvalue weighted by Crippen LogP contribution is 2.16. The molecule has 0 aliphatic carbocycles. The number of Topliss-reactive ketones (excluding diaryl/α,β-unsaturated/α-hetero) is 1. The Bertz CT molecular complexity index is 544. The molecule has 0 aliphatic rings. The predicted octanol–water partition coefficient (Wildman–Crippen LogP) is 1.67. The Balaban J connectivity index is 2.95. The molecule has 0 atom stereocenters. The number of nitrogens with zero attached hydrogens (tertiary/aromatic N) is 2. The SMILES string of the molecule is C=CCn1c(C)cc(C(=O)CN(CC(N)=O)C(C)C)c1C. The monoisotopic (exact) mass is 291 g/mol. The summed E-state index contributed by atoms with van der Waals surface area (Å²) in [6, 6.07) is 1.97. The zero-order valence-corrected chi connectivity index (χ0v) is 13.3. The van der Waals surface area contributed by atoms with E-state index in [0.717, 1.165) is 11.4 Å². The van der Waals surface area contributed by atoms with Gasteiger partial charge < -0.3 is 10.3 Å². The molecular formula is C16H25N3O2. The van der Waals surface area contributed by atoms with E-state index >= 15 is 0 Å². The molecule has 0 bridgehead atoms. The van der Waals surface area contributed by atoms with E-state index in [1.165, 1.54) is 0 Å². The first-order chi connectivity index (χ1) is 9.77. The summed E-state index contributed by atoms with van der Waals surface area (Å²) in [5, 5.41) is 0. The van der Waals surface area contributed by atoms with Crippen LogP contribution in [0.2, 0.25) is 0 Å². The Kier molecular flexibility index (Phi) is 5.90. The fourth-order valence-corrected chi connectivity index (χ4v) is 2.38. The summed E-state index contributed by atoms with van der Waals surface area (Å²) in [4.78, 5) is 25.4. The fourth-order valence-electron chi connectivity index (χ4n) is 2.38. The molecule has 1 aromatic rings. The van der Waals surface area contributed by atoms with Gasteiger partial charge in [0.2, 0.25) is 5.91 Å². The summed E-state index contributed by atoms with van der Waals surface area (Å²) in [5.41, 5.74) is 7.89. The van der Waals surface area contributed by atoms with E-state index in [2.05, 4.69) is 6.58 Å². The van der Waals surface area contributed by atoms with Crippen LogP contribution in [0.1, 0.15) is 35.6 Å². The van der Waals surface area contributed by atoms with Crippen molar-refractivity contribution in [3.05, 3.63) is 35.7 Å². The van der Waals surface area contributed by atoms with Crippen LogP contribution >= 0.6 is 0 Å². The second-order valence-electron chi connectivity index (χ2n) is 5.57. The zero-order valence-electron chi connectivity index (χ0n) is 13.3. The third-order valence-electron chi connectivity index (χ3n) is 3.62. The molecule has 2 N–H and O–H groups in total. The first-order valence-electron chi connectivity index (χ1n) is 7.11. The molecule has 116 valence electrons. The van der Waals surface area contributed by atoms with Crippen LogP contribution in [-0.2, 0) is 11.3 Å². The Morgan fingerprint density at radius 1 is 1.38 bits per heavy atom. The van der Waals surface area contributed by atoms with Crippen LogP contribution in [0.25, 0.3) is 0 Å². The van der Waals surface area contributed by atoms with Gasteiger partial charge in [0.15, 0.2) is 5.78 Å². The number of carbonyl (C=O) groups excluding carboxylic acids is 2. The van der Waals surface area contributed by atoms with Crippen molar-refractivity contribution in [2.45, 2.75) is 40.3 Å². The third kappa shape index (κ3) is 4.29. The minimum Gasteiger partial charge on any atom is -0.369 e. The Labute approximate surface area is 126 Å². The molecule has 0 saturated carbocycles. The molecule has 1 rings (SSSR count). The standard InChI is InChI=1S/C16H25N3O2/c1-6-7-19-12(4)8-14(13(19)5)15(20)9-18(11(2)3)10-16(17)21/h6,8,11H,1,7,9-10H2,2-5H3,(H2,17,21). The maximum absolute atomic E-state index is 12.5. The molecular weight excluding hydrogens is 266 g/mol. The average Bonchev–Trinajstić information content (AvgIpc) is 2.65. The van der Waals surface area contributed by atoms with E-state index in [-0.39, 0.29) is 24.9 Å². The highest BCUT2D eigenvalue weighted by atomic mass is 16.1. The van der Waals surface area contributed by atoms with Crippen molar-refractivity contribution in [1.29, 1.82) is 0 Å². The highest BCUT2D eigenvalue weighted by molar-refractivity contribution is 5.99. The van der Waals surface area contributed by atoms with Crippen molar-refractivity contribution in [2.75, 3.05) is 13.1 Å². The molecule has 5 nitrogen and oxygen atoms in total. The van der Waals surface area contributed by atoms with Gasteiger partial charge in [0.05, 0.1) is 13.1 Å². The lowest BCUT2D eigenvalue weighted by atomic mass is 10.1. The number of carbonyl (C=O) groups is 2. The molecule has 0 radical (unpaired) electrons. The summed E-state index contributed by atoms with van der Waals surface area (Å²) < 4.78 is 2.05. The van der Waals surface area contributed by atoms with Gasteiger partial charge in [-0.15, -0.1) is 6.58 Å². The van der Waals surface area contributed by atoms with Crippen molar-refractivity contribution < 1.29 is 9.59 Å². The molecule has 0 aliphatic heterocycles. The van der Waals surface area contributed by atoms with Gasteiger partial charge in [0.25, 0.3) is 0 Å². The van der Waals surface area contributed by atoms with Gasteiger partial charge >= 0.3 is 0 Å². The Morgan fingerprint density at radius 3 is 2.48 bits per heavy atom. The summed E-state index contributed by atoms with van der Waals surface area (Å²) in [5.74, 6) is -0.415. The van der Waals surface area contributed by atoms with Crippen molar-refractivity contribution in [2.24, 2.45) is 5.73 Å². The van der Waals surface area contributed by atoms with E-state index in [4.69, 9.17) is 5.73 Å². The molecule has 5 heteroatoms. The number of aryl methyl sites for hydroxylation is 1. The zero-order chi connectivity index (χ0) is 16.2. The van der Waals surface area contributed by atoms with Gasteiger partial charge in [-0.05, 0) is 33.8 Å². The van der Waals surface area contributed by atoms with E-state index in [9.17, 15) is 9.59 Å². The number of primary amides is 1. The average molecular weight is 291 g/mol. The normalized spacial score (nSPS) is 11.1. The molecule has 1 amide bonds. The topological polar surface area (TPSA) is 68.3 Å². The van der Waals surface area contributed by atoms with Crippen molar-refractivity contribution in [3.63, 3.8) is 0 Å². The quantitative estimate of drug-likeness (QED) is 0.585. The number of rotatable bonds is 8. The summed E-state index contributed by atoms with van der Waals surface area (Å²) >= 11 is 0. The highest BCUT2D eigenvalue weighted by Gasteiger charge is 2.20. The third-order valence-corrected chi connectivity index (χ3v) is 3.62. The van der Waals surface area contributed by atoms with Gasteiger partial charge in [0.1, 0.15) is 0 Å². The van der Waals surface area contributed by atoms with Gasteiger partial charge in [0, 0.05) is 29.5 Å². The van der Waals surface area contributed by atoms with E-state index in [1.807, 2.05) is 44.4 Å². The lowest BCUT2D eigenvalue weighted by molar-refractivity contribution is -0.119. The molecule has 1 aromatic heterocycles. The van der Waals surface area contributed by atoms with Gasteiger partial charge in [-0.3, -0.25) is 14.5 Å². The largest absolute Gasteiger partial charge is 0.369 e. The number of hydrogen-bond acceptors (Lipinski definition) is 3. The van der Waals surface area contributed by atoms with E-state index in [0.29, 0.717) is 12.1 Å². The molecule has 0 aromatic carbocycles. The first-order valence-corrected chi connectivity index (χ1v) is 7.11. The molecule has 0 saturated heterocycles. The van der Waals surface area contributed by atoms with Crippen molar-refractivity contribution in [3.8, 4) is 0 Å². The minimum atomic E-state index is -0.423. The summed E-state index contributed by atoms with van der Waals surface area (Å²) in [6.45, 7) is 12.5. The second kappa shape index (κ2) is 7.22.